The molecule has 1 N–H and O–H groups in total. The normalized spacial score (nSPS) is 17.2. The van der Waals surface area contributed by atoms with Crippen LogP contribution in [0.2, 0.25) is 0 Å². The number of hydrogen-bond acceptors (Lipinski definition) is 10. The lowest BCUT2D eigenvalue weighted by molar-refractivity contribution is 0.0434. The third-order valence-corrected chi connectivity index (χ3v) is 8.34. The smallest absolute Gasteiger partial charge is 0.203 e. The molecule has 10 nitrogen and oxygen atoms in total. The van der Waals surface area contributed by atoms with Crippen molar-refractivity contribution >= 4 is 9.84 Å². The summed E-state index contributed by atoms with van der Waals surface area (Å²) in [5, 5.41) is 9.28. The van der Waals surface area contributed by atoms with Gasteiger partial charge in [-0.1, -0.05) is 6.92 Å². The molecule has 0 saturated carbocycles. The molecular weight excluding hydrogens is 538 g/mol. The summed E-state index contributed by atoms with van der Waals surface area (Å²) in [6, 6.07) is 7.21. The van der Waals surface area contributed by atoms with Gasteiger partial charge in [-0.2, -0.15) is 0 Å². The van der Waals surface area contributed by atoms with Gasteiger partial charge in [0.15, 0.2) is 32.8 Å². The second-order valence-corrected chi connectivity index (χ2v) is 12.0. The number of ether oxygens (including phenoxy) is 6. The second-order valence-electron chi connectivity index (χ2n) is 9.89. The maximum Gasteiger partial charge on any atom is 0.203 e. The van der Waals surface area contributed by atoms with Gasteiger partial charge < -0.3 is 38.4 Å². The summed E-state index contributed by atoms with van der Waals surface area (Å²) in [4.78, 5) is 1.92. The number of nitrogens with zero attached hydrogens (tertiary/aromatic N) is 1. The first-order valence-electron chi connectivity index (χ1n) is 13.6. The topological polar surface area (TPSA) is 113 Å². The van der Waals surface area contributed by atoms with Gasteiger partial charge in [-0.3, -0.25) is 0 Å². The van der Waals surface area contributed by atoms with E-state index < -0.39 is 9.84 Å². The van der Waals surface area contributed by atoms with E-state index in [1.807, 2.05) is 38.1 Å². The number of aliphatic hydroxyl groups is 1. The van der Waals surface area contributed by atoms with Gasteiger partial charge in [0.2, 0.25) is 5.75 Å². The molecule has 0 radical (unpaired) electrons. The molecule has 1 aliphatic rings. The van der Waals surface area contributed by atoms with Crippen LogP contribution in [0, 0.1) is 0 Å². The van der Waals surface area contributed by atoms with Gasteiger partial charge in [0.05, 0.1) is 52.5 Å². The summed E-state index contributed by atoms with van der Waals surface area (Å²) in [6.07, 6.45) is 1.86. The van der Waals surface area contributed by atoms with E-state index in [1.165, 1.54) is 0 Å². The van der Waals surface area contributed by atoms with E-state index in [-0.39, 0.29) is 41.8 Å². The van der Waals surface area contributed by atoms with E-state index in [0.717, 1.165) is 5.56 Å². The van der Waals surface area contributed by atoms with Gasteiger partial charge in [0, 0.05) is 19.6 Å². The van der Waals surface area contributed by atoms with Crippen LogP contribution in [-0.2, 0) is 14.6 Å². The number of sulfone groups is 1. The van der Waals surface area contributed by atoms with Crippen molar-refractivity contribution in [3.8, 4) is 28.7 Å². The summed E-state index contributed by atoms with van der Waals surface area (Å²) in [5.74, 6) is 2.05. The second kappa shape index (κ2) is 14.8. The maximum absolute atomic E-state index is 13.6. The Morgan fingerprint density at radius 1 is 0.875 bits per heavy atom. The highest BCUT2D eigenvalue weighted by atomic mass is 32.2. The van der Waals surface area contributed by atoms with Crippen molar-refractivity contribution in [3.05, 3.63) is 35.4 Å². The summed E-state index contributed by atoms with van der Waals surface area (Å²) in [6.45, 7) is 2.84. The van der Waals surface area contributed by atoms with Crippen molar-refractivity contribution in [1.82, 2.24) is 4.90 Å². The molecule has 0 bridgehead atoms. The van der Waals surface area contributed by atoms with Crippen molar-refractivity contribution < 1.29 is 41.9 Å². The minimum atomic E-state index is -3.71. The lowest BCUT2D eigenvalue weighted by atomic mass is 10.0. The predicted octanol–water partition coefficient (Wildman–Crippen LogP) is 4.19. The molecule has 3 rings (SSSR count). The van der Waals surface area contributed by atoms with E-state index >= 15 is 0 Å². The molecule has 2 atom stereocenters. The fourth-order valence-corrected chi connectivity index (χ4v) is 6.12. The maximum atomic E-state index is 13.6. The van der Waals surface area contributed by atoms with Crippen molar-refractivity contribution in [2.75, 3.05) is 67.5 Å². The van der Waals surface area contributed by atoms with Crippen LogP contribution in [0.5, 0.6) is 28.7 Å². The van der Waals surface area contributed by atoms with E-state index in [9.17, 15) is 13.5 Å². The molecule has 1 heterocycles. The highest BCUT2D eigenvalue weighted by Crippen LogP contribution is 2.48. The van der Waals surface area contributed by atoms with Crippen LogP contribution >= 0.6 is 0 Å². The van der Waals surface area contributed by atoms with Crippen LogP contribution in [0.25, 0.3) is 0 Å². The average molecular weight is 582 g/mol. The minimum Gasteiger partial charge on any atom is -0.493 e. The third kappa shape index (κ3) is 7.72. The molecule has 0 amide bonds. The van der Waals surface area contributed by atoms with Gasteiger partial charge in [-0.15, -0.1) is 0 Å². The van der Waals surface area contributed by atoms with E-state index in [0.29, 0.717) is 67.4 Å². The zero-order valence-corrected chi connectivity index (χ0v) is 25.2. The molecule has 0 aromatic heterocycles. The molecule has 1 aliphatic heterocycles. The third-order valence-electron chi connectivity index (χ3n) is 6.65. The Morgan fingerprint density at radius 3 is 2.00 bits per heavy atom. The van der Waals surface area contributed by atoms with Gasteiger partial charge in [-0.25, -0.2) is 8.42 Å². The molecular formula is C29H43NO9S. The molecule has 1 fully saturated rings. The molecule has 224 valence electrons. The average Bonchev–Trinajstić information content (AvgIpc) is 3.45. The van der Waals surface area contributed by atoms with E-state index in [4.69, 9.17) is 28.4 Å². The lowest BCUT2D eigenvalue weighted by Gasteiger charge is -2.21. The first kappa shape index (κ1) is 31.8. The highest BCUT2D eigenvalue weighted by Gasteiger charge is 2.33. The summed E-state index contributed by atoms with van der Waals surface area (Å²) in [5.41, 5.74) is 1.57. The Bertz CT molecular complexity index is 1190. The van der Waals surface area contributed by atoms with Crippen LogP contribution < -0.4 is 23.7 Å². The van der Waals surface area contributed by atoms with Gasteiger partial charge >= 0.3 is 0 Å². The molecule has 2 aromatic rings. The molecule has 1 saturated heterocycles. The Kier molecular flexibility index (Phi) is 11.7. The van der Waals surface area contributed by atoms with E-state index in [2.05, 4.69) is 0 Å². The van der Waals surface area contributed by atoms with Crippen molar-refractivity contribution in [3.63, 3.8) is 0 Å². The van der Waals surface area contributed by atoms with Crippen LogP contribution in [0.4, 0.5) is 0 Å². The quantitative estimate of drug-likeness (QED) is 0.290. The Morgan fingerprint density at radius 2 is 1.48 bits per heavy atom. The Balaban J connectivity index is 2.02. The Labute approximate surface area is 238 Å². The first-order valence-corrected chi connectivity index (χ1v) is 15.2. The van der Waals surface area contributed by atoms with Crippen LogP contribution in [0.15, 0.2) is 29.2 Å². The number of benzene rings is 2. The number of rotatable bonds is 16. The standard InChI is InChI=1S/C29H43NO9S/c1-7-13-38-29-26(37-14-8-12-31)18-21(19-27(29)40(32,33)15-11-30(2)3)23-10-9-22(39-23)20-16-24(34-4)28(36-6)25(17-20)35-5/h16-19,22-23,31H,7-15H2,1-6H3/t22-,23-/m1/s1. The van der Waals surface area contributed by atoms with Crippen molar-refractivity contribution in [2.45, 2.75) is 49.7 Å². The van der Waals surface area contributed by atoms with Crippen molar-refractivity contribution in [2.24, 2.45) is 0 Å². The summed E-state index contributed by atoms with van der Waals surface area (Å²) in [7, 11) is 4.65. The summed E-state index contributed by atoms with van der Waals surface area (Å²) < 4.78 is 62.0. The molecule has 40 heavy (non-hydrogen) atoms. The van der Waals surface area contributed by atoms with Crippen LogP contribution in [0.3, 0.4) is 0 Å². The largest absolute Gasteiger partial charge is 0.493 e. The SMILES string of the molecule is CCCOc1c(OCCCO)cc([C@H]2CC[C@H](c3cc(OC)c(OC)c(OC)c3)O2)cc1S(=O)(=O)CCN(C)C. The number of hydrogen-bond donors (Lipinski definition) is 1. The Hall–Kier alpha value is -2.73. The van der Waals surface area contributed by atoms with Gasteiger partial charge in [0.1, 0.15) is 4.90 Å². The van der Waals surface area contributed by atoms with E-state index in [1.54, 1.807) is 33.5 Å². The van der Waals surface area contributed by atoms with Gasteiger partial charge in [0.25, 0.3) is 0 Å². The van der Waals surface area contributed by atoms with Crippen molar-refractivity contribution in [1.29, 1.82) is 0 Å². The zero-order valence-electron chi connectivity index (χ0n) is 24.4. The minimum absolute atomic E-state index is 0.0406. The zero-order chi connectivity index (χ0) is 29.3. The highest BCUT2D eigenvalue weighted by molar-refractivity contribution is 7.91. The van der Waals surface area contributed by atoms with Crippen LogP contribution in [-0.4, -0.2) is 86.0 Å². The fraction of sp³-hybridized carbons (Fsp3) is 0.586. The first-order chi connectivity index (χ1) is 19.2. The molecule has 0 spiro atoms. The predicted molar refractivity (Wildman–Crippen MR) is 152 cm³/mol. The van der Waals surface area contributed by atoms with Crippen LogP contribution in [0.1, 0.15) is 55.9 Å². The lowest BCUT2D eigenvalue weighted by Crippen LogP contribution is -2.22. The summed E-state index contributed by atoms with van der Waals surface area (Å²) >= 11 is 0. The number of aliphatic hydroxyl groups excluding tert-OH is 1. The fourth-order valence-electron chi connectivity index (χ4n) is 4.54. The monoisotopic (exact) mass is 581 g/mol. The molecule has 11 heteroatoms. The molecule has 0 aliphatic carbocycles. The van der Waals surface area contributed by atoms with Gasteiger partial charge in [-0.05, 0) is 68.8 Å². The molecule has 2 aromatic carbocycles. The molecule has 0 unspecified atom stereocenters. The number of methoxy groups -OCH3 is 3.